The van der Waals surface area contributed by atoms with Gasteiger partial charge in [0.2, 0.25) is 0 Å². The van der Waals surface area contributed by atoms with Crippen molar-refractivity contribution in [3.05, 3.63) is 105 Å². The van der Waals surface area contributed by atoms with Gasteiger partial charge in [0.1, 0.15) is 11.5 Å². The molecule has 4 aromatic carbocycles. The summed E-state index contributed by atoms with van der Waals surface area (Å²) in [4.78, 5) is 4.79. The molecule has 2 atom stereocenters. The molecule has 4 aromatic rings. The predicted octanol–water partition coefficient (Wildman–Crippen LogP) is 6.35. The maximum Gasteiger partial charge on any atom is 0.169 e. The molecule has 8 rings (SSSR count). The maximum absolute atomic E-state index is 11.7. The number of ether oxygens (including phenoxy) is 3. The number of likely N-dealkylation sites (N-methyl/N-ethyl adjacent to an activating group) is 2. The highest BCUT2D eigenvalue weighted by molar-refractivity contribution is 5.59. The van der Waals surface area contributed by atoms with Crippen LogP contribution in [0.15, 0.2) is 60.7 Å². The van der Waals surface area contributed by atoms with Gasteiger partial charge in [0, 0.05) is 37.2 Å². The van der Waals surface area contributed by atoms with Crippen molar-refractivity contribution in [2.75, 3.05) is 41.4 Å². The molecular weight excluding hydrogens is 552 g/mol. The van der Waals surface area contributed by atoms with Crippen LogP contribution in [0, 0.1) is 0 Å². The first-order valence-corrected chi connectivity index (χ1v) is 15.4. The van der Waals surface area contributed by atoms with Crippen LogP contribution < -0.4 is 14.2 Å². The Morgan fingerprint density at radius 3 is 2.14 bits per heavy atom. The van der Waals surface area contributed by atoms with Crippen LogP contribution in [0.5, 0.6) is 34.5 Å². The van der Waals surface area contributed by atoms with Gasteiger partial charge in [-0.2, -0.15) is 0 Å². The average Bonchev–Trinajstić information content (AvgIpc) is 3.03. The zero-order chi connectivity index (χ0) is 30.5. The summed E-state index contributed by atoms with van der Waals surface area (Å²) in [6.07, 6.45) is 3.88. The normalized spacial score (nSPS) is 19.8. The minimum absolute atomic E-state index is 0.0689. The second kappa shape index (κ2) is 11.4. The van der Waals surface area contributed by atoms with Gasteiger partial charge in [-0.25, -0.2) is 0 Å². The van der Waals surface area contributed by atoms with Crippen LogP contribution in [-0.4, -0.2) is 61.4 Å². The Morgan fingerprint density at radius 2 is 1.39 bits per heavy atom. The number of rotatable bonds is 2. The van der Waals surface area contributed by atoms with Gasteiger partial charge in [0.15, 0.2) is 23.0 Å². The van der Waals surface area contributed by atoms with E-state index in [-0.39, 0.29) is 23.6 Å². The predicted molar refractivity (Wildman–Crippen MR) is 171 cm³/mol. The monoisotopic (exact) mass is 592 g/mol. The molecule has 228 valence electrons. The molecular formula is C37H40N2O5. The Labute approximate surface area is 259 Å². The van der Waals surface area contributed by atoms with E-state index in [1.165, 1.54) is 27.8 Å². The first-order valence-electron chi connectivity index (χ1n) is 15.4. The molecule has 7 nitrogen and oxygen atoms in total. The number of hydrogen-bond acceptors (Lipinski definition) is 7. The molecule has 0 saturated heterocycles. The number of methoxy groups -OCH3 is 2. The van der Waals surface area contributed by atoms with Gasteiger partial charge in [-0.1, -0.05) is 18.2 Å². The van der Waals surface area contributed by atoms with E-state index >= 15 is 0 Å². The Morgan fingerprint density at radius 1 is 0.727 bits per heavy atom. The van der Waals surface area contributed by atoms with Crippen LogP contribution in [0.25, 0.3) is 0 Å². The van der Waals surface area contributed by atoms with Gasteiger partial charge in [0.05, 0.1) is 14.2 Å². The van der Waals surface area contributed by atoms with E-state index in [1.807, 2.05) is 30.3 Å². The van der Waals surface area contributed by atoms with E-state index in [1.54, 1.807) is 20.3 Å². The Hall–Kier alpha value is -4.20. The zero-order valence-electron chi connectivity index (χ0n) is 25.9. The lowest BCUT2D eigenvalue weighted by atomic mass is 9.81. The van der Waals surface area contributed by atoms with E-state index in [2.05, 4.69) is 48.2 Å². The number of phenols is 2. The largest absolute Gasteiger partial charge is 0.504 e. The number of aromatic hydroxyl groups is 2. The van der Waals surface area contributed by atoms with Gasteiger partial charge in [0.25, 0.3) is 0 Å². The van der Waals surface area contributed by atoms with Crippen molar-refractivity contribution in [3.8, 4) is 34.5 Å². The number of benzene rings is 4. The van der Waals surface area contributed by atoms with Gasteiger partial charge in [-0.15, -0.1) is 0 Å². The molecule has 44 heavy (non-hydrogen) atoms. The van der Waals surface area contributed by atoms with Crippen molar-refractivity contribution in [1.29, 1.82) is 0 Å². The molecule has 0 saturated carbocycles. The van der Waals surface area contributed by atoms with Crippen LogP contribution in [0.3, 0.4) is 0 Å². The summed E-state index contributed by atoms with van der Waals surface area (Å²) in [7, 11) is 7.70. The summed E-state index contributed by atoms with van der Waals surface area (Å²) in [6, 6.07) is 20.5. The van der Waals surface area contributed by atoms with Crippen molar-refractivity contribution in [3.63, 3.8) is 0 Å². The first kappa shape index (κ1) is 28.6. The van der Waals surface area contributed by atoms with E-state index in [4.69, 9.17) is 14.2 Å². The fraction of sp³-hybridized carbons (Fsp3) is 0.351. The zero-order valence-corrected chi connectivity index (χ0v) is 25.9. The molecule has 0 aliphatic carbocycles. The number of hydrogen-bond donors (Lipinski definition) is 2. The van der Waals surface area contributed by atoms with Crippen molar-refractivity contribution in [2.45, 2.75) is 44.2 Å². The van der Waals surface area contributed by atoms with Crippen molar-refractivity contribution >= 4 is 0 Å². The molecule has 0 spiro atoms. The van der Waals surface area contributed by atoms with E-state index in [9.17, 15) is 10.2 Å². The minimum Gasteiger partial charge on any atom is -0.504 e. The molecule has 0 fully saturated rings. The fourth-order valence-corrected chi connectivity index (χ4v) is 7.38. The second-order valence-corrected chi connectivity index (χ2v) is 12.5. The SMILES string of the molecule is COc1cc2c3cc1Cc1c(O)c(OC)cc4c1C(Cc1ccc(cc1)Oc1cc(ccc1O)CC3N(C)CC2)N(C)CC4. The van der Waals surface area contributed by atoms with E-state index in [0.717, 1.165) is 61.2 Å². The Bertz CT molecular complexity index is 1720. The molecule has 0 amide bonds. The quantitative estimate of drug-likeness (QED) is 0.281. The number of phenolic OH excluding ortho intramolecular Hbond substituents is 2. The van der Waals surface area contributed by atoms with Crippen molar-refractivity contribution in [1.82, 2.24) is 9.80 Å². The number of nitrogens with zero attached hydrogens (tertiary/aromatic N) is 2. The smallest absolute Gasteiger partial charge is 0.169 e. The van der Waals surface area contributed by atoms with Crippen LogP contribution >= 0.6 is 0 Å². The average molecular weight is 593 g/mol. The topological polar surface area (TPSA) is 74.6 Å². The summed E-state index contributed by atoms with van der Waals surface area (Å²) in [5, 5.41) is 22.4. The summed E-state index contributed by atoms with van der Waals surface area (Å²) < 4.78 is 17.9. The summed E-state index contributed by atoms with van der Waals surface area (Å²) >= 11 is 0. The number of fused-ring (bicyclic) bond motifs is 2. The molecule has 0 radical (unpaired) electrons. The Kier molecular flexibility index (Phi) is 7.39. The fourth-order valence-electron chi connectivity index (χ4n) is 7.38. The lowest BCUT2D eigenvalue weighted by Crippen LogP contribution is -2.34. The summed E-state index contributed by atoms with van der Waals surface area (Å²) in [5.74, 6) is 2.83. The molecule has 2 N–H and O–H groups in total. The molecule has 4 heterocycles. The highest BCUT2D eigenvalue weighted by Crippen LogP contribution is 2.46. The third-order valence-corrected chi connectivity index (χ3v) is 9.88. The van der Waals surface area contributed by atoms with Gasteiger partial charge < -0.3 is 24.4 Å². The third-order valence-electron chi connectivity index (χ3n) is 9.88. The third kappa shape index (κ3) is 5.04. The molecule has 7 heteroatoms. The maximum atomic E-state index is 11.7. The minimum atomic E-state index is 0.0689. The van der Waals surface area contributed by atoms with Gasteiger partial charge in [-0.3, -0.25) is 9.80 Å². The van der Waals surface area contributed by atoms with Crippen molar-refractivity contribution < 1.29 is 24.4 Å². The molecule has 0 aromatic heterocycles. The van der Waals surface area contributed by atoms with Crippen LogP contribution in [0.4, 0.5) is 0 Å². The molecule has 4 aliphatic rings. The van der Waals surface area contributed by atoms with Gasteiger partial charge >= 0.3 is 0 Å². The molecule has 4 aliphatic heterocycles. The molecule has 2 unspecified atom stereocenters. The van der Waals surface area contributed by atoms with Gasteiger partial charge in [-0.05, 0) is 121 Å². The highest BCUT2D eigenvalue weighted by Gasteiger charge is 2.33. The standard InChI is InChI=1S/C37H40N2O5/c1-38-13-11-24-20-33(42-3)26-18-28(24)30(38)16-23-7-10-32(40)34(17-23)44-27-8-5-22(6-9-27)15-31-36-25(12-14-39(31)2)21-35(43-4)37(41)29(36)19-26/h5-10,17-18,20-21,30-31,40-41H,11-16,19H2,1-4H3. The van der Waals surface area contributed by atoms with E-state index in [0.29, 0.717) is 23.7 Å². The van der Waals surface area contributed by atoms with Crippen LogP contribution in [0.2, 0.25) is 0 Å². The second-order valence-electron chi connectivity index (χ2n) is 12.5. The summed E-state index contributed by atoms with van der Waals surface area (Å²) in [6.45, 7) is 1.85. The first-order chi connectivity index (χ1) is 21.3. The van der Waals surface area contributed by atoms with Crippen LogP contribution in [-0.2, 0) is 32.1 Å². The van der Waals surface area contributed by atoms with E-state index < -0.39 is 0 Å². The van der Waals surface area contributed by atoms with Crippen LogP contribution in [0.1, 0.15) is 56.6 Å². The lowest BCUT2D eigenvalue weighted by molar-refractivity contribution is 0.226. The summed E-state index contributed by atoms with van der Waals surface area (Å²) in [5.41, 5.74) is 9.15. The molecule has 6 bridgehead atoms. The van der Waals surface area contributed by atoms with Crippen molar-refractivity contribution in [2.24, 2.45) is 0 Å². The highest BCUT2D eigenvalue weighted by atomic mass is 16.5. The lowest BCUT2D eigenvalue weighted by Gasteiger charge is -2.37. The Balaban J connectivity index is 1.45.